The zero-order valence-corrected chi connectivity index (χ0v) is 43.5. The molecule has 0 aliphatic rings. The molecule has 0 N–H and O–H groups in total. The van der Waals surface area contributed by atoms with Gasteiger partial charge in [-0.3, -0.25) is 0 Å². The fourth-order valence-corrected chi connectivity index (χ4v) is 7.09. The number of carboxylic acid groups (broad SMARTS) is 12. The molecular formula is C52H20O24Ti3. The summed E-state index contributed by atoms with van der Waals surface area (Å²) < 4.78 is 0. The second-order valence-electron chi connectivity index (χ2n) is 15.3. The van der Waals surface area contributed by atoms with Crippen molar-refractivity contribution in [3.8, 4) is 0 Å². The molecule has 27 heteroatoms. The Balaban J connectivity index is 0.000000356. The summed E-state index contributed by atoms with van der Waals surface area (Å²) in [6, 6.07) is 22.5. The van der Waals surface area contributed by atoms with Gasteiger partial charge in [0.05, 0.1) is 71.6 Å². The molecule has 8 aromatic carbocycles. The van der Waals surface area contributed by atoms with Gasteiger partial charge < -0.3 is 119 Å². The van der Waals surface area contributed by atoms with Gasteiger partial charge in [0.15, 0.2) is 0 Å². The third-order valence-corrected chi connectivity index (χ3v) is 10.6. The summed E-state index contributed by atoms with van der Waals surface area (Å²) in [5.41, 5.74) is -3.82. The van der Waals surface area contributed by atoms with Gasteiger partial charge in [0.1, 0.15) is 0 Å². The summed E-state index contributed by atoms with van der Waals surface area (Å²) in [6.45, 7) is 0. The van der Waals surface area contributed by atoms with Crippen LogP contribution >= 0.6 is 0 Å². The number of hydrogen-bond donors (Lipinski definition) is 0. The molecule has 79 heavy (non-hydrogen) atoms. The van der Waals surface area contributed by atoms with E-state index in [1.165, 1.54) is 72.8 Å². The Morgan fingerprint density at radius 2 is 0.342 bits per heavy atom. The van der Waals surface area contributed by atoms with Gasteiger partial charge in [-0.05, 0) is 160 Å². The summed E-state index contributed by atoms with van der Waals surface area (Å²) in [4.78, 5) is 130. The standard InChI is InChI=1S/4C13H8O6.3Ti/c4*14-11(15)7-2-1-6-3-8(12(16)17)5-10(13(18)19)9(6)4-7;;;/h4*1-5H,(H,14,15)(H,16,17)(H,18,19);;;/q;;;;3*+4/p-12. The summed E-state index contributed by atoms with van der Waals surface area (Å²) in [5, 5.41) is 131. The van der Waals surface area contributed by atoms with Crippen LogP contribution in [-0.4, -0.2) is 71.6 Å². The molecule has 8 rings (SSSR count). The molecule has 0 bridgehead atoms. The predicted octanol–water partition coefficient (Wildman–Crippen LogP) is -8.29. The van der Waals surface area contributed by atoms with Crippen molar-refractivity contribution >= 4 is 115 Å². The van der Waals surface area contributed by atoms with E-state index < -0.39 is 93.9 Å². The molecular weight excluding hydrogens is 1150 g/mol. The van der Waals surface area contributed by atoms with Crippen LogP contribution in [-0.2, 0) is 65.2 Å². The number of carbonyl (C=O) groups excluding carboxylic acids is 12. The van der Waals surface area contributed by atoms with Gasteiger partial charge in [0.25, 0.3) is 0 Å². The quantitative estimate of drug-likeness (QED) is 0.103. The Bertz CT molecular complexity index is 3380. The summed E-state index contributed by atoms with van der Waals surface area (Å²) in [6.07, 6.45) is 0. The van der Waals surface area contributed by atoms with Crippen molar-refractivity contribution in [2.24, 2.45) is 0 Å². The van der Waals surface area contributed by atoms with E-state index in [0.29, 0.717) is 0 Å². The number of benzene rings is 8. The number of rotatable bonds is 12. The van der Waals surface area contributed by atoms with Crippen LogP contribution in [0.3, 0.4) is 0 Å². The van der Waals surface area contributed by atoms with Gasteiger partial charge in [-0.2, -0.15) is 0 Å². The average molecular weight is 1170 g/mol. The first-order chi connectivity index (χ1) is 35.6. The normalized spacial score (nSPS) is 9.92. The molecule has 0 fully saturated rings. The number of carbonyl (C=O) groups is 12. The molecule has 0 aromatic heterocycles. The first kappa shape index (κ1) is 65.7. The maximum atomic E-state index is 11.0. The Hall–Kier alpha value is -9.42. The Kier molecular flexibility index (Phi) is 22.9. The third-order valence-electron chi connectivity index (χ3n) is 10.6. The van der Waals surface area contributed by atoms with E-state index in [1.807, 2.05) is 0 Å². The van der Waals surface area contributed by atoms with Crippen LogP contribution in [0.25, 0.3) is 43.1 Å². The van der Waals surface area contributed by atoms with Crippen LogP contribution in [0.15, 0.2) is 121 Å². The van der Waals surface area contributed by atoms with Gasteiger partial charge in [-0.1, -0.05) is 48.5 Å². The van der Waals surface area contributed by atoms with E-state index in [0.717, 1.165) is 48.5 Å². The van der Waals surface area contributed by atoms with Gasteiger partial charge in [-0.15, -0.1) is 0 Å². The number of hydrogen-bond acceptors (Lipinski definition) is 24. The molecule has 0 unspecified atom stereocenters. The average Bonchev–Trinajstić information content (AvgIpc) is 3.36. The first-order valence-corrected chi connectivity index (χ1v) is 20.5. The molecule has 0 heterocycles. The predicted molar refractivity (Wildman–Crippen MR) is 228 cm³/mol. The van der Waals surface area contributed by atoms with Gasteiger partial charge >= 0.3 is 65.2 Å². The minimum atomic E-state index is -1.61. The van der Waals surface area contributed by atoms with Crippen molar-refractivity contribution in [3.63, 3.8) is 0 Å². The van der Waals surface area contributed by atoms with E-state index in [4.69, 9.17) is 0 Å². The monoisotopic (exact) mass is 1170 g/mol. The fourth-order valence-electron chi connectivity index (χ4n) is 7.09. The van der Waals surface area contributed by atoms with Crippen molar-refractivity contribution in [2.45, 2.75) is 0 Å². The molecule has 0 radical (unpaired) electrons. The van der Waals surface area contributed by atoms with Crippen LogP contribution in [0.5, 0.6) is 0 Å². The fraction of sp³-hybridized carbons (Fsp3) is 0. The van der Waals surface area contributed by atoms with Crippen LogP contribution < -0.4 is 61.3 Å². The number of carboxylic acids is 12. The SMILES string of the molecule is O=C([O-])c1cc(C(=O)[O-])c2cc(C(=O)[O-])ccc2c1.O=C([O-])c1cc(C(=O)[O-])c2cc(C(=O)[O-])ccc2c1.O=C([O-])c1cc(C(=O)[O-])c2cc(C(=O)[O-])ccc2c1.O=C([O-])c1cc(C(=O)[O-])c2cc(C(=O)[O-])ccc2c1.[Ti+4].[Ti+4].[Ti+4]. The Labute approximate surface area is 483 Å². The topological polar surface area (TPSA) is 482 Å². The molecule has 0 spiro atoms. The van der Waals surface area contributed by atoms with Crippen LogP contribution in [0, 0.1) is 0 Å². The number of aromatic carboxylic acids is 12. The maximum Gasteiger partial charge on any atom is 4.00 e. The molecule has 0 saturated carbocycles. The van der Waals surface area contributed by atoms with Crippen molar-refractivity contribution in [1.29, 1.82) is 0 Å². The van der Waals surface area contributed by atoms with Crippen LogP contribution in [0.1, 0.15) is 124 Å². The molecule has 24 nitrogen and oxygen atoms in total. The minimum absolute atomic E-state index is 0. The van der Waals surface area contributed by atoms with Crippen molar-refractivity contribution in [2.75, 3.05) is 0 Å². The molecule has 384 valence electrons. The zero-order valence-electron chi connectivity index (χ0n) is 38.8. The zero-order chi connectivity index (χ0) is 56.6. The maximum absolute atomic E-state index is 11.0. The second kappa shape index (κ2) is 27.6. The van der Waals surface area contributed by atoms with E-state index in [1.54, 1.807) is 0 Å². The van der Waals surface area contributed by atoms with Crippen LogP contribution in [0.2, 0.25) is 0 Å². The molecule has 8 aromatic rings. The molecule has 0 saturated heterocycles. The van der Waals surface area contributed by atoms with E-state index in [2.05, 4.69) is 0 Å². The smallest absolute Gasteiger partial charge is 0.545 e. The van der Waals surface area contributed by atoms with Crippen LogP contribution in [0.4, 0.5) is 0 Å². The summed E-state index contributed by atoms with van der Waals surface area (Å²) in [5.74, 6) is -18.4. The minimum Gasteiger partial charge on any atom is -0.545 e. The Morgan fingerprint density at radius 1 is 0.190 bits per heavy atom. The molecule has 0 aliphatic carbocycles. The van der Waals surface area contributed by atoms with E-state index in [9.17, 15) is 119 Å². The first-order valence-electron chi connectivity index (χ1n) is 20.5. The largest absolute Gasteiger partial charge is 4.00 e. The molecule has 0 amide bonds. The van der Waals surface area contributed by atoms with Gasteiger partial charge in [0.2, 0.25) is 0 Å². The second-order valence-corrected chi connectivity index (χ2v) is 15.3. The number of fused-ring (bicyclic) bond motifs is 4. The van der Waals surface area contributed by atoms with Gasteiger partial charge in [0, 0.05) is 22.3 Å². The molecule has 0 aliphatic heterocycles. The van der Waals surface area contributed by atoms with Crippen molar-refractivity contribution < 1.29 is 184 Å². The summed E-state index contributed by atoms with van der Waals surface area (Å²) >= 11 is 0. The van der Waals surface area contributed by atoms with Gasteiger partial charge in [-0.25, -0.2) is 0 Å². The van der Waals surface area contributed by atoms with Crippen molar-refractivity contribution in [3.05, 3.63) is 188 Å². The Morgan fingerprint density at radius 3 is 0.468 bits per heavy atom. The summed E-state index contributed by atoms with van der Waals surface area (Å²) in [7, 11) is 0. The van der Waals surface area contributed by atoms with E-state index >= 15 is 0 Å². The van der Waals surface area contributed by atoms with Crippen molar-refractivity contribution in [1.82, 2.24) is 0 Å². The van der Waals surface area contributed by atoms with E-state index in [-0.39, 0.29) is 153 Å². The third kappa shape index (κ3) is 15.8. The molecule has 0 atom stereocenters.